The molecule has 0 aliphatic rings. The largest absolute Gasteiger partial charge is 0.251 e. The van der Waals surface area contributed by atoms with Crippen LogP contribution in [0, 0.1) is 0 Å². The number of benzene rings is 2. The van der Waals surface area contributed by atoms with Crippen molar-refractivity contribution in [2.24, 2.45) is 9.98 Å². The molecule has 2 aromatic carbocycles. The number of hydrogen-bond acceptors (Lipinski definition) is 2. The van der Waals surface area contributed by atoms with E-state index in [0.717, 1.165) is 87.0 Å². The van der Waals surface area contributed by atoms with Crippen LogP contribution in [0.25, 0.3) is 0 Å². The minimum atomic E-state index is 0. The summed E-state index contributed by atoms with van der Waals surface area (Å²) in [5, 5.41) is 0. The Bertz CT molecular complexity index is 1100. The van der Waals surface area contributed by atoms with Crippen LogP contribution >= 0.6 is 0 Å². The fourth-order valence-electron chi connectivity index (χ4n) is 5.23. The van der Waals surface area contributed by atoms with E-state index >= 15 is 0 Å². The monoisotopic (exact) mass is 626 g/mol. The van der Waals surface area contributed by atoms with Crippen molar-refractivity contribution in [3.63, 3.8) is 0 Å². The van der Waals surface area contributed by atoms with Gasteiger partial charge in [-0.05, 0) is 107 Å². The Hall–Kier alpha value is -2.25. The van der Waals surface area contributed by atoms with Crippen LogP contribution < -0.4 is 0 Å². The van der Waals surface area contributed by atoms with Crippen LogP contribution in [0.2, 0.25) is 0 Å². The quantitative estimate of drug-likeness (QED) is 0.0507. The van der Waals surface area contributed by atoms with Crippen molar-refractivity contribution in [3.8, 4) is 0 Å². The molecule has 2 rings (SSSR count). The Balaban J connectivity index is 0.00000924. The van der Waals surface area contributed by atoms with Gasteiger partial charge in [-0.1, -0.05) is 121 Å². The maximum Gasteiger partial charge on any atom is 0.0665 e. The standard InChI is InChI=1S/C40H60N2.Ni/c1-5-9-12-14-16-18-20-22-28-35-30-24-26-33-38(35)41-37(8-4)40(32-11-7-3)42-39-34-27-25-31-36(39)29-23-21-19-17-15-13-10-6-2;/h16-19,24-27,30-31,33-34H,5-15,20-23,28-29,32H2,1-4H3;/b18-16+,19-17+,41-37+,42-40-;. The Labute approximate surface area is 275 Å². The van der Waals surface area contributed by atoms with E-state index in [4.69, 9.17) is 9.98 Å². The number of aliphatic imine (C=N–C) groups is 2. The zero-order valence-corrected chi connectivity index (χ0v) is 28.9. The molecule has 2 nitrogen and oxygen atoms in total. The van der Waals surface area contributed by atoms with Crippen LogP contribution in [0.3, 0.4) is 0 Å². The van der Waals surface area contributed by atoms with Gasteiger partial charge in [-0.15, -0.1) is 0 Å². The Kier molecular flexibility index (Phi) is 23.6. The van der Waals surface area contributed by atoms with Gasteiger partial charge in [0.05, 0.1) is 22.8 Å². The Morgan fingerprint density at radius 1 is 0.512 bits per heavy atom. The molecule has 0 heterocycles. The first kappa shape index (κ1) is 38.8. The maximum absolute atomic E-state index is 5.32. The predicted molar refractivity (Wildman–Crippen MR) is 189 cm³/mol. The number of aryl methyl sites for hydroxylation is 2. The summed E-state index contributed by atoms with van der Waals surface area (Å²) in [5.74, 6) is 0. The SMILES string of the molecule is CCCCC/C=C/CCCc1ccccc1/N=C(CCCC)\C(CC)=N\c1ccccc1CCC/C=C/CCCCC.[Ni]. The van der Waals surface area contributed by atoms with E-state index in [-0.39, 0.29) is 16.5 Å². The molecule has 0 unspecified atom stereocenters. The third-order valence-corrected chi connectivity index (χ3v) is 7.85. The second-order valence-corrected chi connectivity index (χ2v) is 11.6. The van der Waals surface area contributed by atoms with E-state index in [2.05, 4.69) is 101 Å². The van der Waals surface area contributed by atoms with Gasteiger partial charge in [-0.3, -0.25) is 9.98 Å². The average Bonchev–Trinajstić information content (AvgIpc) is 3.02. The molecule has 3 heteroatoms. The van der Waals surface area contributed by atoms with Crippen LogP contribution in [0.1, 0.15) is 142 Å². The Morgan fingerprint density at radius 2 is 0.930 bits per heavy atom. The predicted octanol–water partition coefficient (Wildman–Crippen LogP) is 13.0. The van der Waals surface area contributed by atoms with Gasteiger partial charge in [0.25, 0.3) is 0 Å². The summed E-state index contributed by atoms with van der Waals surface area (Å²) < 4.78 is 0. The van der Waals surface area contributed by atoms with Crippen molar-refractivity contribution in [3.05, 3.63) is 84.0 Å². The van der Waals surface area contributed by atoms with Gasteiger partial charge in [0.2, 0.25) is 0 Å². The van der Waals surface area contributed by atoms with E-state index in [1.54, 1.807) is 0 Å². The normalized spacial score (nSPS) is 12.4. The summed E-state index contributed by atoms with van der Waals surface area (Å²) in [7, 11) is 0. The first-order valence-electron chi connectivity index (χ1n) is 17.3. The summed E-state index contributed by atoms with van der Waals surface area (Å²) in [4.78, 5) is 10.6. The molecule has 0 aliphatic carbocycles. The van der Waals surface area contributed by atoms with E-state index in [0.29, 0.717) is 0 Å². The van der Waals surface area contributed by atoms with Gasteiger partial charge in [0, 0.05) is 16.5 Å². The minimum absolute atomic E-state index is 0. The van der Waals surface area contributed by atoms with Gasteiger partial charge in [-0.25, -0.2) is 0 Å². The molecule has 0 N–H and O–H groups in total. The zero-order valence-electron chi connectivity index (χ0n) is 27.9. The number of rotatable bonds is 23. The average molecular weight is 628 g/mol. The summed E-state index contributed by atoms with van der Waals surface area (Å²) in [5.41, 5.74) is 7.23. The topological polar surface area (TPSA) is 24.7 Å². The van der Waals surface area contributed by atoms with Crippen LogP contribution in [0.15, 0.2) is 82.8 Å². The number of unbranched alkanes of at least 4 members (excludes halogenated alkanes) is 9. The first-order valence-corrected chi connectivity index (χ1v) is 17.3. The second-order valence-electron chi connectivity index (χ2n) is 11.6. The fraction of sp³-hybridized carbons (Fsp3) is 0.550. The molecular weight excluding hydrogens is 567 g/mol. The molecule has 0 amide bonds. The smallest absolute Gasteiger partial charge is 0.0665 e. The van der Waals surface area contributed by atoms with Crippen LogP contribution in [-0.4, -0.2) is 11.4 Å². The molecule has 0 fully saturated rings. The molecule has 0 bridgehead atoms. The summed E-state index contributed by atoms with van der Waals surface area (Å²) >= 11 is 0. The molecule has 2 aromatic rings. The number of para-hydroxylation sites is 2. The molecule has 240 valence electrons. The van der Waals surface area contributed by atoms with Crippen LogP contribution in [-0.2, 0) is 29.3 Å². The Morgan fingerprint density at radius 3 is 1.37 bits per heavy atom. The van der Waals surface area contributed by atoms with E-state index < -0.39 is 0 Å². The first-order chi connectivity index (χ1) is 20.7. The van der Waals surface area contributed by atoms with Crippen molar-refractivity contribution in [1.29, 1.82) is 0 Å². The van der Waals surface area contributed by atoms with Crippen molar-refractivity contribution < 1.29 is 16.5 Å². The number of nitrogens with zero attached hydrogens (tertiary/aromatic N) is 2. The van der Waals surface area contributed by atoms with Crippen molar-refractivity contribution in [2.75, 3.05) is 0 Å². The molecule has 0 spiro atoms. The molecule has 0 aromatic heterocycles. The molecule has 0 radical (unpaired) electrons. The van der Waals surface area contributed by atoms with Crippen molar-refractivity contribution >= 4 is 22.8 Å². The molecule has 0 aliphatic heterocycles. The van der Waals surface area contributed by atoms with E-state index in [1.807, 2.05) is 0 Å². The third-order valence-electron chi connectivity index (χ3n) is 7.85. The number of allylic oxidation sites excluding steroid dienone is 4. The molecular formula is C40H60N2Ni. The van der Waals surface area contributed by atoms with Crippen molar-refractivity contribution in [1.82, 2.24) is 0 Å². The number of hydrogen-bond donors (Lipinski definition) is 0. The third kappa shape index (κ3) is 17.0. The summed E-state index contributed by atoms with van der Waals surface area (Å²) in [6, 6.07) is 17.5. The summed E-state index contributed by atoms with van der Waals surface area (Å²) in [6.07, 6.45) is 30.7. The van der Waals surface area contributed by atoms with E-state index in [9.17, 15) is 0 Å². The fourth-order valence-corrected chi connectivity index (χ4v) is 5.23. The van der Waals surface area contributed by atoms with Gasteiger partial charge < -0.3 is 0 Å². The molecule has 0 saturated carbocycles. The molecule has 0 atom stereocenters. The zero-order chi connectivity index (χ0) is 30.1. The second kappa shape index (κ2) is 26.2. The van der Waals surface area contributed by atoms with Crippen LogP contribution in [0.4, 0.5) is 11.4 Å². The maximum atomic E-state index is 5.32. The molecule has 0 saturated heterocycles. The molecule has 43 heavy (non-hydrogen) atoms. The van der Waals surface area contributed by atoms with Gasteiger partial charge >= 0.3 is 0 Å². The van der Waals surface area contributed by atoms with Gasteiger partial charge in [0.15, 0.2) is 0 Å². The van der Waals surface area contributed by atoms with Gasteiger partial charge in [0.1, 0.15) is 0 Å². The van der Waals surface area contributed by atoms with Gasteiger partial charge in [-0.2, -0.15) is 0 Å². The minimum Gasteiger partial charge on any atom is -0.251 e. The van der Waals surface area contributed by atoms with E-state index in [1.165, 1.54) is 62.5 Å². The van der Waals surface area contributed by atoms with Crippen LogP contribution in [0.5, 0.6) is 0 Å². The summed E-state index contributed by atoms with van der Waals surface area (Å²) in [6.45, 7) is 9.02. The van der Waals surface area contributed by atoms with Crippen molar-refractivity contribution in [2.45, 2.75) is 143 Å².